The topological polar surface area (TPSA) is 32.3 Å². The summed E-state index contributed by atoms with van der Waals surface area (Å²) in [5, 5.41) is 3.38. The Balaban J connectivity index is 1.83. The zero-order valence-corrected chi connectivity index (χ0v) is 11.6. The zero-order chi connectivity index (χ0) is 13.2. The molecule has 102 valence electrons. The summed E-state index contributed by atoms with van der Waals surface area (Å²) < 4.78 is 0. The first-order valence-corrected chi connectivity index (χ1v) is 7.40. The van der Waals surface area contributed by atoms with Gasteiger partial charge < -0.3 is 10.2 Å². The number of fused-ring (bicyclic) bond motifs is 1. The third-order valence-corrected chi connectivity index (χ3v) is 4.13. The molecule has 1 unspecified atom stereocenters. The number of carbonyl (C=O) groups is 1. The van der Waals surface area contributed by atoms with Gasteiger partial charge in [-0.15, -0.1) is 0 Å². The molecule has 3 heteroatoms. The largest absolute Gasteiger partial charge is 0.339 e. The van der Waals surface area contributed by atoms with Gasteiger partial charge in [-0.25, -0.2) is 0 Å². The van der Waals surface area contributed by atoms with E-state index in [2.05, 4.69) is 35.3 Å². The lowest BCUT2D eigenvalue weighted by Gasteiger charge is -2.31. The lowest BCUT2D eigenvalue weighted by Crippen LogP contribution is -2.43. The van der Waals surface area contributed by atoms with Crippen molar-refractivity contribution in [2.75, 3.05) is 13.1 Å². The molecule has 1 aromatic rings. The molecule has 0 aromatic heterocycles. The number of rotatable bonds is 4. The van der Waals surface area contributed by atoms with Gasteiger partial charge in [-0.05, 0) is 30.4 Å². The van der Waals surface area contributed by atoms with E-state index in [1.54, 1.807) is 0 Å². The standard InChI is InChI=1S/C16H22N2O/c1-2-9-18(13-7-8-13)16(19)15-11-17-10-12-5-3-4-6-14(12)15/h3-6,13,15,17H,2,7-11H2,1H3. The Kier molecular flexibility index (Phi) is 3.56. The number of benzene rings is 1. The molecule has 2 aliphatic rings. The Morgan fingerprint density at radius 1 is 1.37 bits per heavy atom. The fraction of sp³-hybridized carbons (Fsp3) is 0.562. The Bertz CT molecular complexity index is 468. The highest BCUT2D eigenvalue weighted by Crippen LogP contribution is 2.32. The van der Waals surface area contributed by atoms with Gasteiger partial charge in [0.2, 0.25) is 5.91 Å². The van der Waals surface area contributed by atoms with Crippen molar-refractivity contribution < 1.29 is 4.79 Å². The van der Waals surface area contributed by atoms with Crippen molar-refractivity contribution >= 4 is 5.91 Å². The molecule has 1 saturated carbocycles. The van der Waals surface area contributed by atoms with E-state index in [9.17, 15) is 4.79 Å². The first-order valence-electron chi connectivity index (χ1n) is 7.40. The molecule has 1 N–H and O–H groups in total. The second kappa shape index (κ2) is 5.33. The zero-order valence-electron chi connectivity index (χ0n) is 11.6. The third-order valence-electron chi connectivity index (χ3n) is 4.13. The first kappa shape index (κ1) is 12.7. The average Bonchev–Trinajstić information content (AvgIpc) is 3.28. The summed E-state index contributed by atoms with van der Waals surface area (Å²) in [7, 11) is 0. The van der Waals surface area contributed by atoms with Crippen molar-refractivity contribution in [2.45, 2.75) is 44.7 Å². The van der Waals surface area contributed by atoms with Crippen LogP contribution in [0.5, 0.6) is 0 Å². The first-order chi connectivity index (χ1) is 9.31. The van der Waals surface area contributed by atoms with Gasteiger partial charge in [-0.1, -0.05) is 31.2 Å². The fourth-order valence-electron chi connectivity index (χ4n) is 3.02. The molecule has 0 saturated heterocycles. The second-order valence-electron chi connectivity index (χ2n) is 5.65. The molecular weight excluding hydrogens is 236 g/mol. The van der Waals surface area contributed by atoms with Crippen LogP contribution in [0.2, 0.25) is 0 Å². The van der Waals surface area contributed by atoms with Gasteiger partial charge in [0, 0.05) is 25.7 Å². The summed E-state index contributed by atoms with van der Waals surface area (Å²) in [6.45, 7) is 4.72. The summed E-state index contributed by atoms with van der Waals surface area (Å²) in [4.78, 5) is 14.9. The van der Waals surface area contributed by atoms with Gasteiger partial charge in [-0.3, -0.25) is 4.79 Å². The monoisotopic (exact) mass is 258 g/mol. The Labute approximate surface area is 115 Å². The van der Waals surface area contributed by atoms with Crippen LogP contribution in [-0.4, -0.2) is 29.9 Å². The molecule has 19 heavy (non-hydrogen) atoms. The van der Waals surface area contributed by atoms with Gasteiger partial charge in [0.1, 0.15) is 0 Å². The van der Waals surface area contributed by atoms with Crippen LogP contribution in [-0.2, 0) is 11.3 Å². The smallest absolute Gasteiger partial charge is 0.231 e. The molecular formula is C16H22N2O. The number of carbonyl (C=O) groups excluding carboxylic acids is 1. The van der Waals surface area contributed by atoms with E-state index in [0.29, 0.717) is 11.9 Å². The maximum Gasteiger partial charge on any atom is 0.231 e. The molecule has 0 spiro atoms. The molecule has 1 amide bonds. The van der Waals surface area contributed by atoms with Crippen molar-refractivity contribution in [2.24, 2.45) is 0 Å². The van der Waals surface area contributed by atoms with Gasteiger partial charge in [0.15, 0.2) is 0 Å². The molecule has 1 aromatic carbocycles. The van der Waals surface area contributed by atoms with Crippen LogP contribution in [0.15, 0.2) is 24.3 Å². The minimum absolute atomic E-state index is 0.0112. The molecule has 1 heterocycles. The fourth-order valence-corrected chi connectivity index (χ4v) is 3.02. The quantitative estimate of drug-likeness (QED) is 0.898. The van der Waals surface area contributed by atoms with E-state index in [-0.39, 0.29) is 5.92 Å². The van der Waals surface area contributed by atoms with Crippen molar-refractivity contribution in [3.8, 4) is 0 Å². The van der Waals surface area contributed by atoms with Gasteiger partial charge in [-0.2, -0.15) is 0 Å². The van der Waals surface area contributed by atoms with Crippen LogP contribution in [0.4, 0.5) is 0 Å². The van der Waals surface area contributed by atoms with Gasteiger partial charge in [0.25, 0.3) is 0 Å². The molecule has 1 fully saturated rings. The minimum Gasteiger partial charge on any atom is -0.339 e. The minimum atomic E-state index is 0.0112. The van der Waals surface area contributed by atoms with Gasteiger partial charge >= 0.3 is 0 Å². The molecule has 0 radical (unpaired) electrons. The summed E-state index contributed by atoms with van der Waals surface area (Å²) in [6.07, 6.45) is 3.42. The van der Waals surface area contributed by atoms with Crippen molar-refractivity contribution in [3.63, 3.8) is 0 Å². The summed E-state index contributed by atoms with van der Waals surface area (Å²) in [6, 6.07) is 8.87. The molecule has 3 rings (SSSR count). The number of hydrogen-bond donors (Lipinski definition) is 1. The maximum atomic E-state index is 12.8. The number of amides is 1. The highest BCUT2D eigenvalue weighted by molar-refractivity contribution is 5.85. The van der Waals surface area contributed by atoms with Crippen LogP contribution < -0.4 is 5.32 Å². The normalized spacial score (nSPS) is 21.8. The molecule has 1 aliphatic carbocycles. The van der Waals surface area contributed by atoms with Crippen LogP contribution in [0.25, 0.3) is 0 Å². The van der Waals surface area contributed by atoms with Crippen LogP contribution >= 0.6 is 0 Å². The molecule has 3 nitrogen and oxygen atoms in total. The van der Waals surface area contributed by atoms with Crippen molar-refractivity contribution in [1.82, 2.24) is 10.2 Å². The second-order valence-corrected chi connectivity index (χ2v) is 5.65. The maximum absolute atomic E-state index is 12.8. The lowest BCUT2D eigenvalue weighted by atomic mass is 9.89. The Hall–Kier alpha value is -1.35. The highest BCUT2D eigenvalue weighted by Gasteiger charge is 2.37. The van der Waals surface area contributed by atoms with Crippen LogP contribution in [0.1, 0.15) is 43.2 Å². The van der Waals surface area contributed by atoms with Gasteiger partial charge in [0.05, 0.1) is 5.92 Å². The number of nitrogens with one attached hydrogen (secondary N) is 1. The number of hydrogen-bond acceptors (Lipinski definition) is 2. The Morgan fingerprint density at radius 2 is 2.16 bits per heavy atom. The van der Waals surface area contributed by atoms with E-state index in [1.165, 1.54) is 24.0 Å². The Morgan fingerprint density at radius 3 is 2.89 bits per heavy atom. The van der Waals surface area contributed by atoms with E-state index < -0.39 is 0 Å². The highest BCUT2D eigenvalue weighted by atomic mass is 16.2. The third kappa shape index (κ3) is 2.52. The van der Waals surface area contributed by atoms with E-state index in [0.717, 1.165) is 26.1 Å². The van der Waals surface area contributed by atoms with Crippen LogP contribution in [0.3, 0.4) is 0 Å². The molecule has 0 bridgehead atoms. The average molecular weight is 258 g/mol. The molecule has 1 aliphatic heterocycles. The van der Waals surface area contributed by atoms with Crippen molar-refractivity contribution in [1.29, 1.82) is 0 Å². The summed E-state index contributed by atoms with van der Waals surface area (Å²) in [5.41, 5.74) is 2.51. The SMILES string of the molecule is CCCN(C(=O)C1CNCc2ccccc21)C1CC1. The van der Waals surface area contributed by atoms with Crippen LogP contribution in [0, 0.1) is 0 Å². The lowest BCUT2D eigenvalue weighted by molar-refractivity contribution is -0.133. The van der Waals surface area contributed by atoms with E-state index in [1.807, 2.05) is 6.07 Å². The predicted molar refractivity (Wildman–Crippen MR) is 75.9 cm³/mol. The summed E-state index contributed by atoms with van der Waals surface area (Å²) in [5.74, 6) is 0.334. The predicted octanol–water partition coefficient (Wildman–Crippen LogP) is 2.27. The number of nitrogens with zero attached hydrogens (tertiary/aromatic N) is 1. The van der Waals surface area contributed by atoms with Crippen molar-refractivity contribution in [3.05, 3.63) is 35.4 Å². The van der Waals surface area contributed by atoms with E-state index in [4.69, 9.17) is 0 Å². The van der Waals surface area contributed by atoms with E-state index >= 15 is 0 Å². The summed E-state index contributed by atoms with van der Waals surface area (Å²) >= 11 is 0. The molecule has 1 atom stereocenters.